The van der Waals surface area contributed by atoms with Gasteiger partial charge < -0.3 is 10.2 Å². The van der Waals surface area contributed by atoms with Crippen LogP contribution in [0.25, 0.3) is 6.08 Å². The molecule has 0 aromatic heterocycles. The number of aliphatic carboxylic acids is 1. The molecule has 0 fully saturated rings. The second kappa shape index (κ2) is 6.53. The van der Waals surface area contributed by atoms with Gasteiger partial charge in [-0.05, 0) is 29.4 Å². The van der Waals surface area contributed by atoms with Gasteiger partial charge in [-0.1, -0.05) is 50.3 Å². The number of fused-ring (bicyclic) bond motifs is 1. The van der Waals surface area contributed by atoms with Crippen LogP contribution < -0.4 is 0 Å². The van der Waals surface area contributed by atoms with E-state index in [0.717, 1.165) is 30.9 Å². The molecule has 2 N–H and O–H groups in total. The van der Waals surface area contributed by atoms with E-state index in [1.165, 1.54) is 0 Å². The van der Waals surface area contributed by atoms with Gasteiger partial charge in [0.25, 0.3) is 5.97 Å². The Morgan fingerprint density at radius 3 is 2.53 bits per heavy atom. The molecule has 1 aromatic carbocycles. The Hall–Kier alpha value is -1.61. The third kappa shape index (κ3) is 5.26. The molecule has 0 amide bonds. The number of carboxylic acid groups (broad SMARTS) is 1. The molecule has 19 heavy (non-hydrogen) atoms. The van der Waals surface area contributed by atoms with Gasteiger partial charge in [-0.2, -0.15) is 0 Å². The summed E-state index contributed by atoms with van der Waals surface area (Å²) in [5, 5.41) is 17.5. The van der Waals surface area contributed by atoms with Crippen molar-refractivity contribution in [1.82, 2.24) is 0 Å². The van der Waals surface area contributed by atoms with E-state index in [1.807, 2.05) is 18.2 Å². The number of hydrogen-bond donors (Lipinski definition) is 2. The number of aliphatic hydroxyl groups is 1. The fourth-order valence-corrected chi connectivity index (χ4v) is 2.03. The zero-order chi connectivity index (χ0) is 14.5. The van der Waals surface area contributed by atoms with Crippen molar-refractivity contribution in [2.45, 2.75) is 39.7 Å². The van der Waals surface area contributed by atoms with E-state index < -0.39 is 5.97 Å². The van der Waals surface area contributed by atoms with Crippen LogP contribution in [0.5, 0.6) is 0 Å². The maximum Gasteiger partial charge on any atom is 0.300 e. The van der Waals surface area contributed by atoms with Crippen molar-refractivity contribution in [3.63, 3.8) is 0 Å². The van der Waals surface area contributed by atoms with Crippen LogP contribution in [0.1, 0.15) is 50.8 Å². The molecule has 0 radical (unpaired) electrons. The fourth-order valence-electron chi connectivity index (χ4n) is 2.03. The zero-order valence-corrected chi connectivity index (χ0v) is 11.8. The van der Waals surface area contributed by atoms with Crippen LogP contribution in [0.3, 0.4) is 0 Å². The van der Waals surface area contributed by atoms with Gasteiger partial charge in [0.05, 0.1) is 6.10 Å². The molecular formula is C16H22O3. The second-order valence-electron chi connectivity index (χ2n) is 5.52. The predicted molar refractivity (Wildman–Crippen MR) is 76.8 cm³/mol. The van der Waals surface area contributed by atoms with E-state index in [-0.39, 0.29) is 11.5 Å². The molecule has 3 heteroatoms. The van der Waals surface area contributed by atoms with Crippen LogP contribution in [0.4, 0.5) is 0 Å². The van der Waals surface area contributed by atoms with Crippen LogP contribution in [0.15, 0.2) is 30.3 Å². The fraction of sp³-hybridized carbons (Fsp3) is 0.438. The van der Waals surface area contributed by atoms with E-state index >= 15 is 0 Å². The lowest BCUT2D eigenvalue weighted by molar-refractivity contribution is -0.134. The van der Waals surface area contributed by atoms with Crippen molar-refractivity contribution in [3.05, 3.63) is 41.5 Å². The van der Waals surface area contributed by atoms with Gasteiger partial charge in [-0.3, -0.25) is 4.79 Å². The van der Waals surface area contributed by atoms with Gasteiger partial charge >= 0.3 is 0 Å². The highest BCUT2D eigenvalue weighted by atomic mass is 16.4. The molecule has 1 unspecified atom stereocenters. The van der Waals surface area contributed by atoms with Crippen molar-refractivity contribution in [2.75, 3.05) is 0 Å². The van der Waals surface area contributed by atoms with Gasteiger partial charge in [0.1, 0.15) is 0 Å². The molecular weight excluding hydrogens is 240 g/mol. The second-order valence-corrected chi connectivity index (χ2v) is 5.52. The number of rotatable bonds is 0. The SMILES string of the molecule is CC(=O)O.CC1(C)C=Cc2ccccc2C(O)CC1. The first-order valence-corrected chi connectivity index (χ1v) is 6.47. The van der Waals surface area contributed by atoms with Gasteiger partial charge in [0.2, 0.25) is 0 Å². The normalized spacial score (nSPS) is 20.3. The summed E-state index contributed by atoms with van der Waals surface area (Å²) in [6.07, 6.45) is 5.94. The minimum atomic E-state index is -0.833. The third-order valence-electron chi connectivity index (χ3n) is 3.13. The molecule has 0 saturated carbocycles. The molecule has 0 bridgehead atoms. The summed E-state index contributed by atoms with van der Waals surface area (Å²) in [7, 11) is 0. The Bertz CT molecular complexity index is 457. The topological polar surface area (TPSA) is 57.5 Å². The van der Waals surface area contributed by atoms with E-state index in [1.54, 1.807) is 0 Å². The van der Waals surface area contributed by atoms with Crippen LogP contribution >= 0.6 is 0 Å². The molecule has 0 heterocycles. The summed E-state index contributed by atoms with van der Waals surface area (Å²) in [5.41, 5.74) is 2.40. The number of carbonyl (C=O) groups is 1. The van der Waals surface area contributed by atoms with Gasteiger partial charge in [0.15, 0.2) is 0 Å². The Kier molecular flexibility index (Phi) is 5.31. The van der Waals surface area contributed by atoms with Gasteiger partial charge in [-0.25, -0.2) is 0 Å². The van der Waals surface area contributed by atoms with Crippen LogP contribution in [0, 0.1) is 5.41 Å². The lowest BCUT2D eigenvalue weighted by Gasteiger charge is -2.25. The highest BCUT2D eigenvalue weighted by molar-refractivity contribution is 5.63. The van der Waals surface area contributed by atoms with Crippen molar-refractivity contribution < 1.29 is 15.0 Å². The molecule has 1 aromatic rings. The summed E-state index contributed by atoms with van der Waals surface area (Å²) in [4.78, 5) is 9.00. The van der Waals surface area contributed by atoms with E-state index in [4.69, 9.17) is 9.90 Å². The highest BCUT2D eigenvalue weighted by Crippen LogP contribution is 2.34. The van der Waals surface area contributed by atoms with E-state index in [0.29, 0.717) is 0 Å². The standard InChI is InChI=1S/C14H18O.C2H4O2/c1-14(2)9-7-11-5-3-4-6-12(11)13(15)8-10-14;1-2(3)4/h3-7,9,13,15H,8,10H2,1-2H3;1H3,(H,3,4). The number of allylic oxidation sites excluding steroid dienone is 1. The Balaban J connectivity index is 0.000000399. The van der Waals surface area contributed by atoms with Crippen LogP contribution in [0.2, 0.25) is 0 Å². The maximum absolute atomic E-state index is 10.1. The van der Waals surface area contributed by atoms with Crippen molar-refractivity contribution in [2.24, 2.45) is 5.41 Å². The number of carboxylic acids is 1. The average Bonchev–Trinajstić information content (AvgIpc) is 2.32. The lowest BCUT2D eigenvalue weighted by Crippen LogP contribution is -2.12. The molecule has 1 atom stereocenters. The quantitative estimate of drug-likeness (QED) is 0.750. The molecule has 1 aliphatic carbocycles. The highest BCUT2D eigenvalue weighted by Gasteiger charge is 2.20. The zero-order valence-electron chi connectivity index (χ0n) is 11.8. The first-order chi connectivity index (χ1) is 8.82. The molecule has 0 aliphatic heterocycles. The average molecular weight is 262 g/mol. The molecule has 0 saturated heterocycles. The molecule has 0 spiro atoms. The van der Waals surface area contributed by atoms with Crippen molar-refractivity contribution in [3.8, 4) is 0 Å². The Morgan fingerprint density at radius 1 is 1.32 bits per heavy atom. The number of hydrogen-bond acceptors (Lipinski definition) is 2. The van der Waals surface area contributed by atoms with E-state index in [9.17, 15) is 5.11 Å². The Labute approximate surface area is 114 Å². The van der Waals surface area contributed by atoms with Gasteiger partial charge in [-0.15, -0.1) is 0 Å². The first kappa shape index (κ1) is 15.4. The van der Waals surface area contributed by atoms with Crippen LogP contribution in [-0.2, 0) is 4.79 Å². The largest absolute Gasteiger partial charge is 0.481 e. The minimum Gasteiger partial charge on any atom is -0.481 e. The summed E-state index contributed by atoms with van der Waals surface area (Å²) in [5.74, 6) is -0.833. The van der Waals surface area contributed by atoms with Crippen molar-refractivity contribution >= 4 is 12.0 Å². The molecule has 104 valence electrons. The van der Waals surface area contributed by atoms with Crippen LogP contribution in [-0.4, -0.2) is 16.2 Å². The summed E-state index contributed by atoms with van der Waals surface area (Å²) >= 11 is 0. The van der Waals surface area contributed by atoms with Crippen molar-refractivity contribution in [1.29, 1.82) is 0 Å². The van der Waals surface area contributed by atoms with E-state index in [2.05, 4.69) is 32.1 Å². The monoisotopic (exact) mass is 262 g/mol. The molecule has 3 nitrogen and oxygen atoms in total. The lowest BCUT2D eigenvalue weighted by atomic mass is 9.82. The first-order valence-electron chi connectivity index (χ1n) is 6.47. The number of benzene rings is 1. The summed E-state index contributed by atoms with van der Waals surface area (Å²) < 4.78 is 0. The Morgan fingerprint density at radius 2 is 1.89 bits per heavy atom. The molecule has 2 rings (SSSR count). The smallest absolute Gasteiger partial charge is 0.300 e. The molecule has 1 aliphatic rings. The maximum atomic E-state index is 10.1. The summed E-state index contributed by atoms with van der Waals surface area (Å²) in [6.45, 7) is 5.51. The predicted octanol–water partition coefficient (Wildman–Crippen LogP) is 3.64. The summed E-state index contributed by atoms with van der Waals surface area (Å²) in [6, 6.07) is 8.09. The number of aliphatic hydroxyl groups excluding tert-OH is 1. The minimum absolute atomic E-state index is 0.189. The van der Waals surface area contributed by atoms with Gasteiger partial charge in [0, 0.05) is 6.92 Å². The third-order valence-corrected chi connectivity index (χ3v) is 3.13.